The van der Waals surface area contributed by atoms with Crippen LogP contribution in [0.5, 0.6) is 0 Å². The summed E-state index contributed by atoms with van der Waals surface area (Å²) in [5.41, 5.74) is 11.9. The fourth-order valence-electron chi connectivity index (χ4n) is 3.85. The van der Waals surface area contributed by atoms with E-state index in [4.69, 9.17) is 15.0 Å². The molecule has 0 saturated carbocycles. The summed E-state index contributed by atoms with van der Waals surface area (Å²) < 4.78 is 0.885. The minimum absolute atomic E-state index is 0.835. The van der Waals surface area contributed by atoms with Crippen LogP contribution in [0.4, 0.5) is 0 Å². The van der Waals surface area contributed by atoms with E-state index in [1.807, 2.05) is 36.5 Å². The molecule has 0 aromatic rings. The number of rotatable bonds is 0. The van der Waals surface area contributed by atoms with Crippen molar-refractivity contribution in [2.75, 3.05) is 0 Å². The number of nitrogens with zero attached hydrogens (tertiary/aromatic N) is 4. The molecule has 0 aromatic carbocycles. The average molecular weight is 419 g/mol. The van der Waals surface area contributed by atoms with Crippen LogP contribution in [0.15, 0.2) is 112 Å². The van der Waals surface area contributed by atoms with Gasteiger partial charge in [-0.2, -0.15) is 0 Å². The van der Waals surface area contributed by atoms with Gasteiger partial charge in [0.25, 0.3) is 0 Å². The summed E-state index contributed by atoms with van der Waals surface area (Å²) in [4.78, 5) is 19.2. The van der Waals surface area contributed by atoms with Gasteiger partial charge >= 0.3 is 179 Å². The molecule has 0 unspecified atom stereocenters. The van der Waals surface area contributed by atoms with Crippen LogP contribution in [0.1, 0.15) is 27.7 Å². The van der Waals surface area contributed by atoms with Crippen molar-refractivity contribution < 1.29 is 16.0 Å². The molecular weight excluding hydrogens is 400 g/mol. The van der Waals surface area contributed by atoms with Crippen LogP contribution in [0.25, 0.3) is 0 Å². The summed E-state index contributed by atoms with van der Waals surface area (Å²) >= 11 is 4.14. The molecule has 8 bridgehead atoms. The van der Waals surface area contributed by atoms with E-state index in [0.29, 0.717) is 0 Å². The molecule has 0 aromatic heterocycles. The van der Waals surface area contributed by atoms with Gasteiger partial charge in [0.2, 0.25) is 0 Å². The van der Waals surface area contributed by atoms with Gasteiger partial charge in [0.1, 0.15) is 0 Å². The van der Waals surface area contributed by atoms with Crippen molar-refractivity contribution in [3.8, 4) is 0 Å². The Balaban J connectivity index is 1.75. The van der Waals surface area contributed by atoms with Gasteiger partial charge < -0.3 is 0 Å². The Kier molecular flexibility index (Phi) is 4.12. The summed E-state index contributed by atoms with van der Waals surface area (Å²) in [5, 5.41) is 0. The van der Waals surface area contributed by atoms with Crippen LogP contribution in [-0.2, 0) is 16.0 Å². The fourth-order valence-corrected chi connectivity index (χ4v) is 4.16. The zero-order valence-corrected chi connectivity index (χ0v) is 17.8. The summed E-state index contributed by atoms with van der Waals surface area (Å²) in [6.45, 7) is 8.43. The summed E-state index contributed by atoms with van der Waals surface area (Å²) in [6.07, 6.45) is 14.1. The molecule has 4 nitrogen and oxygen atoms in total. The van der Waals surface area contributed by atoms with Gasteiger partial charge in [-0.3, -0.25) is 0 Å². The third-order valence-corrected chi connectivity index (χ3v) is 5.97. The van der Waals surface area contributed by atoms with Crippen LogP contribution in [0, 0.1) is 0 Å². The van der Waals surface area contributed by atoms with Crippen LogP contribution in [0.2, 0.25) is 0 Å². The third kappa shape index (κ3) is 3.07. The summed E-state index contributed by atoms with van der Waals surface area (Å²) in [6, 6.07) is 0. The van der Waals surface area contributed by atoms with Gasteiger partial charge in [-0.25, -0.2) is 0 Å². The van der Waals surface area contributed by atoms with Crippen LogP contribution in [0.3, 0.4) is 0 Å². The molecule has 0 spiro atoms. The van der Waals surface area contributed by atoms with E-state index in [2.05, 4.69) is 54.8 Å². The maximum absolute atomic E-state index is 4.94. The first-order valence-electron chi connectivity index (χ1n) is 9.51. The predicted molar refractivity (Wildman–Crippen MR) is 116 cm³/mol. The quantitative estimate of drug-likeness (QED) is 0.496. The van der Waals surface area contributed by atoms with Crippen molar-refractivity contribution in [2.24, 2.45) is 20.0 Å². The van der Waals surface area contributed by atoms with Gasteiger partial charge in [-0.15, -0.1) is 0 Å². The van der Waals surface area contributed by atoms with E-state index < -0.39 is 0 Å². The molecule has 0 N–H and O–H groups in total. The number of fused-ring (bicyclic) bond motifs is 4. The Morgan fingerprint density at radius 3 is 2.21 bits per heavy atom. The van der Waals surface area contributed by atoms with Crippen LogP contribution < -0.4 is 0 Å². The Morgan fingerprint density at radius 2 is 1.38 bits per heavy atom. The molecular formula is C24H19FeN4. The van der Waals surface area contributed by atoms with E-state index in [9.17, 15) is 0 Å². The van der Waals surface area contributed by atoms with Crippen molar-refractivity contribution in [1.82, 2.24) is 0 Å². The molecule has 5 rings (SSSR count). The Morgan fingerprint density at radius 1 is 0.621 bits per heavy atom. The molecule has 5 aliphatic heterocycles. The molecule has 5 aliphatic rings. The molecule has 0 amide bonds. The minimum atomic E-state index is 0.835. The molecule has 0 aliphatic carbocycles. The first-order valence-corrected chi connectivity index (χ1v) is 10.1. The van der Waals surface area contributed by atoms with Crippen LogP contribution >= 0.6 is 0 Å². The normalized spacial score (nSPS) is 22.7. The average Bonchev–Trinajstić information content (AvgIpc) is 3.41. The summed E-state index contributed by atoms with van der Waals surface area (Å²) in [7, 11) is 0. The van der Waals surface area contributed by atoms with Crippen molar-refractivity contribution >= 4 is 22.8 Å². The van der Waals surface area contributed by atoms with Crippen molar-refractivity contribution in [2.45, 2.75) is 27.7 Å². The van der Waals surface area contributed by atoms with Gasteiger partial charge in [-0.05, 0) is 0 Å². The van der Waals surface area contributed by atoms with E-state index in [1.54, 1.807) is 0 Å². The zero-order chi connectivity index (χ0) is 20.3. The second kappa shape index (κ2) is 6.58. The monoisotopic (exact) mass is 419 g/mol. The molecule has 29 heavy (non-hydrogen) atoms. The molecule has 5 heterocycles. The molecule has 5 heteroatoms. The van der Waals surface area contributed by atoms with E-state index in [0.717, 1.165) is 61.3 Å². The fraction of sp³-hybridized carbons (Fsp3) is 0.167. The predicted octanol–water partition coefficient (Wildman–Crippen LogP) is 5.01. The van der Waals surface area contributed by atoms with Gasteiger partial charge in [0.05, 0.1) is 0 Å². The first-order chi connectivity index (χ1) is 13.9. The van der Waals surface area contributed by atoms with Crippen molar-refractivity contribution in [3.63, 3.8) is 0 Å². The molecule has 0 radical (unpaired) electrons. The first kappa shape index (κ1) is 18.2. The third-order valence-electron chi connectivity index (χ3n) is 5.53. The molecule has 0 atom stereocenters. The summed E-state index contributed by atoms with van der Waals surface area (Å²) in [5.74, 6) is 0. The van der Waals surface area contributed by atoms with Crippen molar-refractivity contribution in [3.05, 3.63) is 92.1 Å². The number of hydrogen-bond donors (Lipinski definition) is 0. The number of hydrogen-bond acceptors (Lipinski definition) is 4. The second-order valence-electron chi connectivity index (χ2n) is 7.56. The van der Waals surface area contributed by atoms with E-state index in [1.165, 1.54) is 11.1 Å². The standard InChI is InChI=1S/C24H19N4.Fe/c1-13-9-21-11-19-6-5-17(25-19)10-18-7-8-20(26-18)12-22-14(2)15(3)24(28-22)16(4)23(13)27-21;/h5-6,8-12H,1-4H3;. The van der Waals surface area contributed by atoms with E-state index >= 15 is 0 Å². The van der Waals surface area contributed by atoms with Crippen LogP contribution in [-0.4, -0.2) is 22.8 Å². The Bertz CT molecular complexity index is 1260. The number of allylic oxidation sites excluding steroid dienone is 12. The number of aliphatic imine (C=N–C) groups is 4. The molecule has 143 valence electrons. The van der Waals surface area contributed by atoms with Gasteiger partial charge in [0, 0.05) is 0 Å². The SMILES string of the molecule is CC1=CC2=CC3=NC(=CC4=NC(=CC5=NC(=C(C)C1=N2)C(C)=C5C)C=[C]4[Fe])C=C3. The molecule has 0 saturated heterocycles. The van der Waals surface area contributed by atoms with Gasteiger partial charge in [-0.1, -0.05) is 0 Å². The maximum atomic E-state index is 4.94. The van der Waals surface area contributed by atoms with Crippen molar-refractivity contribution in [1.29, 1.82) is 0 Å². The zero-order valence-electron chi connectivity index (χ0n) is 16.7. The molecule has 0 fully saturated rings. The Hall–Kier alpha value is -2.88. The Labute approximate surface area is 178 Å². The van der Waals surface area contributed by atoms with Gasteiger partial charge in [0.15, 0.2) is 0 Å². The van der Waals surface area contributed by atoms with E-state index in [-0.39, 0.29) is 0 Å². The topological polar surface area (TPSA) is 49.4 Å². The second-order valence-corrected chi connectivity index (χ2v) is 8.16.